The summed E-state index contributed by atoms with van der Waals surface area (Å²) in [7, 11) is 0. The van der Waals surface area contributed by atoms with Crippen LogP contribution < -0.4 is 4.90 Å². The number of nitrogens with zero attached hydrogens (tertiary/aromatic N) is 1. The molecule has 0 spiro atoms. The number of carbonyl (C=O) groups is 1. The van der Waals surface area contributed by atoms with E-state index in [0.29, 0.717) is 14.2 Å². The maximum absolute atomic E-state index is 12.7. The molecule has 0 radical (unpaired) electrons. The zero-order valence-electron chi connectivity index (χ0n) is 12.2. The van der Waals surface area contributed by atoms with Crippen LogP contribution in [0.1, 0.15) is 5.56 Å². The first kappa shape index (κ1) is 16.6. The highest BCUT2D eigenvalue weighted by molar-refractivity contribution is 8.27. The monoisotopic (exact) mass is 377 g/mol. The molecule has 0 atom stereocenters. The molecule has 0 bridgehead atoms. The largest absolute Gasteiger partial charge is 0.270 e. The fourth-order valence-electron chi connectivity index (χ4n) is 2.15. The summed E-state index contributed by atoms with van der Waals surface area (Å²) in [6.07, 6.45) is 3.85. The average Bonchev–Trinajstić information content (AvgIpc) is 2.83. The van der Waals surface area contributed by atoms with Gasteiger partial charge in [-0.3, -0.25) is 9.69 Å². The summed E-state index contributed by atoms with van der Waals surface area (Å²) < 4.78 is 0.550. The van der Waals surface area contributed by atoms with Crippen LogP contribution in [0.5, 0.6) is 0 Å². The van der Waals surface area contributed by atoms with Gasteiger partial charge in [-0.2, -0.15) is 0 Å². The minimum absolute atomic E-state index is 0.0896. The highest BCUT2D eigenvalue weighted by atomic mass is 35.5. The molecule has 1 amide bonds. The van der Waals surface area contributed by atoms with Crippen molar-refractivity contribution >= 4 is 69.3 Å². The second-order valence-electron chi connectivity index (χ2n) is 4.77. The van der Waals surface area contributed by atoms with E-state index >= 15 is 0 Å². The van der Waals surface area contributed by atoms with E-state index in [2.05, 4.69) is 0 Å². The molecule has 1 heterocycles. The Morgan fingerprint density at radius 3 is 2.65 bits per heavy atom. The lowest BCUT2D eigenvalue weighted by molar-refractivity contribution is -0.113. The molecule has 0 aliphatic carbocycles. The molecule has 0 unspecified atom stereocenters. The Hall–Kier alpha value is -1.27. The number of hydrogen-bond acceptors (Lipinski definition) is 4. The highest BCUT2D eigenvalue weighted by Gasteiger charge is 2.33. The van der Waals surface area contributed by atoms with Crippen LogP contribution in [0.15, 0.2) is 58.3 Å². The Kier molecular flexibility index (Phi) is 5.11. The number of benzene rings is 2. The van der Waals surface area contributed by atoms with Crippen LogP contribution in [0.2, 0.25) is 5.02 Å². The van der Waals surface area contributed by atoms with E-state index in [0.717, 1.165) is 16.1 Å². The first-order valence-electron chi connectivity index (χ1n) is 6.76. The summed E-state index contributed by atoms with van der Waals surface area (Å²) in [4.78, 5) is 16.0. The lowest BCUT2D eigenvalue weighted by atomic mass is 10.2. The number of carbonyl (C=O) groups excluding carboxylic acids is 1. The van der Waals surface area contributed by atoms with Crippen LogP contribution in [0, 0.1) is 0 Å². The van der Waals surface area contributed by atoms with Crippen LogP contribution >= 0.6 is 47.3 Å². The van der Waals surface area contributed by atoms with Gasteiger partial charge in [0.1, 0.15) is 0 Å². The van der Waals surface area contributed by atoms with Crippen molar-refractivity contribution in [3.63, 3.8) is 0 Å². The van der Waals surface area contributed by atoms with Crippen LogP contribution in [-0.4, -0.2) is 16.5 Å². The van der Waals surface area contributed by atoms with Crippen LogP contribution in [0.25, 0.3) is 6.08 Å². The van der Waals surface area contributed by atoms with Crippen molar-refractivity contribution in [3.8, 4) is 0 Å². The molecule has 2 nitrogen and oxygen atoms in total. The molecule has 2 aromatic carbocycles. The average molecular weight is 378 g/mol. The Morgan fingerprint density at radius 2 is 1.96 bits per heavy atom. The lowest BCUT2D eigenvalue weighted by Crippen LogP contribution is -2.27. The second-order valence-corrected chi connectivity index (χ2v) is 7.76. The van der Waals surface area contributed by atoms with Crippen LogP contribution in [0.4, 0.5) is 5.69 Å². The third-order valence-electron chi connectivity index (χ3n) is 3.27. The van der Waals surface area contributed by atoms with E-state index in [9.17, 15) is 4.79 Å². The van der Waals surface area contributed by atoms with Crippen molar-refractivity contribution in [3.05, 3.63) is 64.0 Å². The molecule has 0 aromatic heterocycles. The lowest BCUT2D eigenvalue weighted by Gasteiger charge is -2.15. The Bertz CT molecular complexity index is 802. The Morgan fingerprint density at radius 1 is 1.22 bits per heavy atom. The number of rotatable bonds is 3. The summed E-state index contributed by atoms with van der Waals surface area (Å²) in [5.41, 5.74) is 1.73. The first-order valence-corrected chi connectivity index (χ1v) is 9.59. The quantitative estimate of drug-likeness (QED) is 0.401. The van der Waals surface area contributed by atoms with E-state index in [4.69, 9.17) is 23.8 Å². The molecule has 1 saturated heterocycles. The van der Waals surface area contributed by atoms with E-state index in [1.165, 1.54) is 11.8 Å². The zero-order chi connectivity index (χ0) is 16.4. The number of thioether (sulfide) groups is 2. The predicted molar refractivity (Wildman–Crippen MR) is 105 cm³/mol. The van der Waals surface area contributed by atoms with Gasteiger partial charge in [0.25, 0.3) is 5.91 Å². The highest BCUT2D eigenvalue weighted by Crippen LogP contribution is 2.37. The van der Waals surface area contributed by atoms with Gasteiger partial charge in [0.15, 0.2) is 4.32 Å². The van der Waals surface area contributed by atoms with E-state index in [-0.39, 0.29) is 5.91 Å². The molecule has 6 heteroatoms. The van der Waals surface area contributed by atoms with Crippen molar-refractivity contribution in [2.24, 2.45) is 0 Å². The Labute approximate surface area is 153 Å². The normalized spacial score (nSPS) is 16.4. The zero-order valence-corrected chi connectivity index (χ0v) is 15.4. The van der Waals surface area contributed by atoms with Gasteiger partial charge in [-0.15, -0.1) is 11.8 Å². The Balaban J connectivity index is 1.91. The molecular formula is C17H12ClNOS3. The molecule has 23 heavy (non-hydrogen) atoms. The van der Waals surface area contributed by atoms with Crippen LogP contribution in [-0.2, 0) is 4.79 Å². The van der Waals surface area contributed by atoms with Gasteiger partial charge in [-0.25, -0.2) is 0 Å². The van der Waals surface area contributed by atoms with Gasteiger partial charge in [0.2, 0.25) is 0 Å². The molecule has 1 aliphatic rings. The maximum atomic E-state index is 12.7. The van der Waals surface area contributed by atoms with Gasteiger partial charge in [-0.1, -0.05) is 53.8 Å². The van der Waals surface area contributed by atoms with Crippen molar-refractivity contribution in [2.75, 3.05) is 11.2 Å². The van der Waals surface area contributed by atoms with Crippen molar-refractivity contribution < 1.29 is 4.79 Å². The van der Waals surface area contributed by atoms with Crippen molar-refractivity contribution in [1.82, 2.24) is 0 Å². The van der Waals surface area contributed by atoms with E-state index < -0.39 is 0 Å². The summed E-state index contributed by atoms with van der Waals surface area (Å²) in [5, 5.41) is 0.670. The number of hydrogen-bond donors (Lipinski definition) is 0. The smallest absolute Gasteiger partial charge is 0.268 e. The molecule has 0 saturated carbocycles. The number of thiocarbonyl (C=S) groups is 1. The minimum Gasteiger partial charge on any atom is -0.268 e. The van der Waals surface area contributed by atoms with E-state index in [1.54, 1.807) is 28.8 Å². The van der Waals surface area contributed by atoms with Gasteiger partial charge >= 0.3 is 0 Å². The number of amides is 1. The molecular weight excluding hydrogens is 366 g/mol. The number of halogens is 1. The molecule has 1 aliphatic heterocycles. The summed E-state index contributed by atoms with van der Waals surface area (Å²) >= 11 is 14.2. The first-order chi connectivity index (χ1) is 11.1. The standard InChI is InChI=1S/C17H12ClNOS3/c1-22-14-4-2-3-13(10-14)19-16(20)15(23-17(19)21)9-11-5-7-12(18)8-6-11/h2-10H,1H3/b15-9+. The topological polar surface area (TPSA) is 20.3 Å². The molecule has 1 fully saturated rings. The predicted octanol–water partition coefficient (Wildman–Crippen LogP) is 5.47. The fourth-order valence-corrected chi connectivity index (χ4v) is 4.03. The van der Waals surface area contributed by atoms with Gasteiger partial charge < -0.3 is 0 Å². The third kappa shape index (κ3) is 3.63. The van der Waals surface area contributed by atoms with Crippen molar-refractivity contribution in [1.29, 1.82) is 0 Å². The van der Waals surface area contributed by atoms with Crippen molar-refractivity contribution in [2.45, 2.75) is 4.90 Å². The number of anilines is 1. The SMILES string of the molecule is CSc1cccc(N2C(=O)/C(=C\c3ccc(Cl)cc3)SC2=S)c1. The molecule has 2 aromatic rings. The molecule has 116 valence electrons. The maximum Gasteiger partial charge on any atom is 0.270 e. The fraction of sp³-hybridized carbons (Fsp3) is 0.0588. The van der Waals surface area contributed by atoms with Gasteiger partial charge in [0.05, 0.1) is 10.6 Å². The summed E-state index contributed by atoms with van der Waals surface area (Å²) in [6.45, 7) is 0. The summed E-state index contributed by atoms with van der Waals surface area (Å²) in [6, 6.07) is 15.2. The third-order valence-corrected chi connectivity index (χ3v) is 5.55. The second kappa shape index (κ2) is 7.09. The minimum atomic E-state index is -0.0896. The van der Waals surface area contributed by atoms with Gasteiger partial charge in [0, 0.05) is 9.92 Å². The van der Waals surface area contributed by atoms with E-state index in [1.807, 2.05) is 48.7 Å². The van der Waals surface area contributed by atoms with Gasteiger partial charge in [-0.05, 0) is 48.2 Å². The summed E-state index contributed by atoms with van der Waals surface area (Å²) in [5.74, 6) is -0.0896. The molecule has 3 rings (SSSR count). The van der Waals surface area contributed by atoms with Crippen LogP contribution in [0.3, 0.4) is 0 Å². The molecule has 0 N–H and O–H groups in total.